The van der Waals surface area contributed by atoms with Crippen LogP contribution in [-0.4, -0.2) is 26.5 Å². The van der Waals surface area contributed by atoms with Crippen molar-refractivity contribution in [2.24, 2.45) is 0 Å². The Hall–Kier alpha value is -2.58. The van der Waals surface area contributed by atoms with Gasteiger partial charge < -0.3 is 10.1 Å². The normalized spacial score (nSPS) is 18.8. The van der Waals surface area contributed by atoms with Crippen molar-refractivity contribution in [3.63, 3.8) is 0 Å². The number of carbonyl (C=O) groups excluding carboxylic acids is 1. The number of nitrogens with one attached hydrogen (secondary N) is 1. The minimum atomic E-state index is -0.314. The standard InChI is InChI=1S/C20H22N4O3S/c1-4-20(3)9-14-15(11-27-20)28-18-17(14)19(26)24(23-22-18)10-16(25)21-13-7-5-12(2)6-8-13/h5-8H,4,9-11H2,1-3H3,(H,21,25)/t20-/m1/s1. The molecule has 1 N–H and O–H groups in total. The quantitative estimate of drug-likeness (QED) is 0.730. The molecule has 0 bridgehead atoms. The SMILES string of the molecule is CC[C@]1(C)Cc2c(sc3nnn(CC(=O)Nc4ccc(C)cc4)c(=O)c23)CO1. The molecule has 146 valence electrons. The van der Waals surface area contributed by atoms with E-state index in [1.807, 2.05) is 31.2 Å². The van der Waals surface area contributed by atoms with Crippen molar-refractivity contribution in [2.45, 2.75) is 52.4 Å². The Kier molecular flexibility index (Phi) is 4.76. The number of amides is 1. The molecule has 4 rings (SSSR count). The largest absolute Gasteiger partial charge is 0.369 e. The van der Waals surface area contributed by atoms with Gasteiger partial charge in [0, 0.05) is 17.0 Å². The molecule has 1 aliphatic heterocycles. The van der Waals surface area contributed by atoms with E-state index in [-0.39, 0.29) is 23.6 Å². The number of nitrogens with zero attached hydrogens (tertiary/aromatic N) is 3. The van der Waals surface area contributed by atoms with Gasteiger partial charge in [-0.1, -0.05) is 29.8 Å². The van der Waals surface area contributed by atoms with Crippen molar-refractivity contribution >= 4 is 33.1 Å². The maximum Gasteiger partial charge on any atom is 0.279 e. The molecule has 0 aliphatic carbocycles. The van der Waals surface area contributed by atoms with Crippen molar-refractivity contribution in [1.29, 1.82) is 0 Å². The number of aromatic nitrogens is 3. The molecule has 0 fully saturated rings. The van der Waals surface area contributed by atoms with E-state index < -0.39 is 0 Å². The average Bonchev–Trinajstić information content (AvgIpc) is 3.04. The molecule has 0 saturated carbocycles. The molecule has 1 amide bonds. The topological polar surface area (TPSA) is 86.1 Å². The smallest absolute Gasteiger partial charge is 0.279 e. The minimum Gasteiger partial charge on any atom is -0.369 e. The van der Waals surface area contributed by atoms with Crippen molar-refractivity contribution in [3.8, 4) is 0 Å². The first kappa shape index (κ1) is 18.8. The fraction of sp³-hybridized carbons (Fsp3) is 0.400. The molecular formula is C20H22N4O3S. The van der Waals surface area contributed by atoms with Crippen LogP contribution in [0.2, 0.25) is 0 Å². The number of rotatable bonds is 4. The Labute approximate surface area is 166 Å². The van der Waals surface area contributed by atoms with Gasteiger partial charge in [-0.25, -0.2) is 4.68 Å². The Morgan fingerprint density at radius 1 is 1.36 bits per heavy atom. The summed E-state index contributed by atoms with van der Waals surface area (Å²) in [6.07, 6.45) is 1.52. The van der Waals surface area contributed by atoms with E-state index in [1.165, 1.54) is 11.3 Å². The van der Waals surface area contributed by atoms with E-state index in [9.17, 15) is 9.59 Å². The lowest BCUT2D eigenvalue weighted by molar-refractivity contribution is -0.117. The van der Waals surface area contributed by atoms with Crippen LogP contribution < -0.4 is 10.9 Å². The summed E-state index contributed by atoms with van der Waals surface area (Å²) >= 11 is 1.44. The Morgan fingerprint density at radius 3 is 2.82 bits per heavy atom. The van der Waals surface area contributed by atoms with Crippen molar-refractivity contribution < 1.29 is 9.53 Å². The number of hydrogen-bond acceptors (Lipinski definition) is 6. The zero-order valence-electron chi connectivity index (χ0n) is 16.1. The van der Waals surface area contributed by atoms with Gasteiger partial charge in [-0.15, -0.1) is 16.4 Å². The Bertz CT molecular complexity index is 1100. The van der Waals surface area contributed by atoms with Crippen LogP contribution in [0.3, 0.4) is 0 Å². The van der Waals surface area contributed by atoms with Crippen LogP contribution in [0.15, 0.2) is 29.1 Å². The summed E-state index contributed by atoms with van der Waals surface area (Å²) < 4.78 is 7.11. The lowest BCUT2D eigenvalue weighted by Gasteiger charge is -2.32. The summed E-state index contributed by atoms with van der Waals surface area (Å²) in [5.41, 5.74) is 2.21. The third kappa shape index (κ3) is 3.45. The first-order valence-corrected chi connectivity index (χ1v) is 10.1. The van der Waals surface area contributed by atoms with E-state index in [1.54, 1.807) is 0 Å². The first-order chi connectivity index (χ1) is 13.4. The summed E-state index contributed by atoms with van der Waals surface area (Å²) in [5, 5.41) is 11.5. The highest BCUT2D eigenvalue weighted by Crippen LogP contribution is 2.37. The number of fused-ring (bicyclic) bond motifs is 3. The van der Waals surface area contributed by atoms with Crippen LogP contribution in [0, 0.1) is 6.92 Å². The molecule has 0 saturated heterocycles. The summed E-state index contributed by atoms with van der Waals surface area (Å²) in [6, 6.07) is 7.48. The van der Waals surface area contributed by atoms with Crippen LogP contribution >= 0.6 is 11.3 Å². The number of carbonyl (C=O) groups is 1. The van der Waals surface area contributed by atoms with Gasteiger partial charge in [-0.3, -0.25) is 9.59 Å². The summed E-state index contributed by atoms with van der Waals surface area (Å²) in [5.74, 6) is -0.314. The molecule has 3 heterocycles. The van der Waals surface area contributed by atoms with E-state index >= 15 is 0 Å². The molecule has 7 nitrogen and oxygen atoms in total. The number of anilines is 1. The van der Waals surface area contributed by atoms with E-state index in [0.717, 1.165) is 27.1 Å². The molecule has 0 unspecified atom stereocenters. The van der Waals surface area contributed by atoms with Crippen molar-refractivity contribution in [1.82, 2.24) is 15.0 Å². The first-order valence-electron chi connectivity index (χ1n) is 9.27. The molecule has 3 aromatic rings. The molecule has 28 heavy (non-hydrogen) atoms. The minimum absolute atomic E-state index is 0.179. The molecule has 0 spiro atoms. The molecule has 1 atom stereocenters. The van der Waals surface area contributed by atoms with Crippen LogP contribution in [-0.2, 0) is 29.1 Å². The van der Waals surface area contributed by atoms with E-state index in [4.69, 9.17) is 4.74 Å². The van der Waals surface area contributed by atoms with Gasteiger partial charge in [-0.2, -0.15) is 0 Å². The van der Waals surface area contributed by atoms with Crippen molar-refractivity contribution in [3.05, 3.63) is 50.6 Å². The summed E-state index contributed by atoms with van der Waals surface area (Å²) in [7, 11) is 0. The second-order valence-corrected chi connectivity index (χ2v) is 8.50. The number of benzene rings is 1. The zero-order chi connectivity index (χ0) is 19.9. The average molecular weight is 398 g/mol. The summed E-state index contributed by atoms with van der Waals surface area (Å²) in [4.78, 5) is 27.0. The number of aryl methyl sites for hydroxylation is 1. The van der Waals surface area contributed by atoms with Crippen LogP contribution in [0.25, 0.3) is 10.2 Å². The molecule has 1 aliphatic rings. The second kappa shape index (κ2) is 7.10. The van der Waals surface area contributed by atoms with E-state index in [0.29, 0.717) is 28.9 Å². The van der Waals surface area contributed by atoms with Gasteiger partial charge in [0.05, 0.1) is 17.6 Å². The Morgan fingerprint density at radius 2 is 2.11 bits per heavy atom. The molecule has 0 radical (unpaired) electrons. The Balaban J connectivity index is 1.63. The molecule has 2 aromatic heterocycles. The zero-order valence-corrected chi connectivity index (χ0v) is 16.9. The van der Waals surface area contributed by atoms with E-state index in [2.05, 4.69) is 29.5 Å². The van der Waals surface area contributed by atoms with Crippen LogP contribution in [0.1, 0.15) is 36.3 Å². The predicted octanol–water partition coefficient (Wildman–Crippen LogP) is 3.04. The molecular weight excluding hydrogens is 376 g/mol. The van der Waals surface area contributed by atoms with Gasteiger partial charge in [0.1, 0.15) is 6.54 Å². The number of hydrogen-bond donors (Lipinski definition) is 1. The highest BCUT2D eigenvalue weighted by atomic mass is 32.1. The van der Waals surface area contributed by atoms with Gasteiger partial charge >= 0.3 is 0 Å². The summed E-state index contributed by atoms with van der Waals surface area (Å²) in [6.45, 7) is 6.41. The lowest BCUT2D eigenvalue weighted by Crippen LogP contribution is -2.35. The highest BCUT2D eigenvalue weighted by Gasteiger charge is 2.33. The van der Waals surface area contributed by atoms with Gasteiger partial charge in [0.2, 0.25) is 5.91 Å². The number of ether oxygens (including phenoxy) is 1. The predicted molar refractivity (Wildman–Crippen MR) is 109 cm³/mol. The fourth-order valence-electron chi connectivity index (χ4n) is 3.33. The third-order valence-electron chi connectivity index (χ3n) is 5.24. The second-order valence-electron chi connectivity index (χ2n) is 7.42. The lowest BCUT2D eigenvalue weighted by atomic mass is 9.90. The van der Waals surface area contributed by atoms with Gasteiger partial charge in [0.25, 0.3) is 5.56 Å². The van der Waals surface area contributed by atoms with Crippen molar-refractivity contribution in [2.75, 3.05) is 5.32 Å². The maximum atomic E-state index is 13.0. The highest BCUT2D eigenvalue weighted by molar-refractivity contribution is 7.18. The monoisotopic (exact) mass is 398 g/mol. The van der Waals surface area contributed by atoms with Gasteiger partial charge in [0.15, 0.2) is 4.83 Å². The third-order valence-corrected chi connectivity index (χ3v) is 6.33. The maximum absolute atomic E-state index is 13.0. The number of thiophene rings is 1. The van der Waals surface area contributed by atoms with Crippen LogP contribution in [0.5, 0.6) is 0 Å². The molecule has 8 heteroatoms. The van der Waals surface area contributed by atoms with Gasteiger partial charge in [-0.05, 0) is 38.0 Å². The van der Waals surface area contributed by atoms with Crippen LogP contribution in [0.4, 0.5) is 5.69 Å². The molecule has 1 aromatic carbocycles. The fourth-order valence-corrected chi connectivity index (χ4v) is 4.36.